The molecule has 3 nitrogen and oxygen atoms in total. The van der Waals surface area contributed by atoms with Gasteiger partial charge in [-0.1, -0.05) is 27.5 Å². The predicted octanol–water partition coefficient (Wildman–Crippen LogP) is 4.32. The third-order valence-electron chi connectivity index (χ3n) is 2.30. The zero-order chi connectivity index (χ0) is 14.0. The molecule has 2 aromatic rings. The van der Waals surface area contributed by atoms with Crippen molar-refractivity contribution in [3.63, 3.8) is 0 Å². The average molecular weight is 344 g/mol. The van der Waals surface area contributed by atoms with Gasteiger partial charge in [-0.05, 0) is 24.3 Å². The minimum absolute atomic E-state index is 0.151. The van der Waals surface area contributed by atoms with Gasteiger partial charge >= 0.3 is 0 Å². The van der Waals surface area contributed by atoms with E-state index in [1.807, 2.05) is 0 Å². The van der Waals surface area contributed by atoms with E-state index >= 15 is 0 Å². The lowest BCUT2D eigenvalue weighted by atomic mass is 10.2. The largest absolute Gasteiger partial charge is 0.456 e. The van der Waals surface area contributed by atoms with E-state index in [0.29, 0.717) is 20.8 Å². The maximum atomic E-state index is 13.3. The fraction of sp³-hybridized carbons (Fsp3) is 0. The van der Waals surface area contributed by atoms with Gasteiger partial charge < -0.3 is 10.5 Å². The first-order valence-electron chi connectivity index (χ1n) is 5.23. The molecule has 0 spiro atoms. The quantitative estimate of drug-likeness (QED) is 0.644. The molecule has 2 aromatic carbocycles. The van der Waals surface area contributed by atoms with Crippen molar-refractivity contribution < 1.29 is 9.13 Å². The predicted molar refractivity (Wildman–Crippen MR) is 76.6 cm³/mol. The summed E-state index contributed by atoms with van der Waals surface area (Å²) < 4.78 is 19.4. The first-order valence-corrected chi connectivity index (χ1v) is 6.40. The molecule has 2 rings (SSSR count). The summed E-state index contributed by atoms with van der Waals surface area (Å²) in [6, 6.07) is 8.86. The van der Waals surface area contributed by atoms with Gasteiger partial charge in [-0.15, -0.1) is 0 Å². The number of ether oxygens (including phenoxy) is 1. The molecule has 0 aliphatic rings. The summed E-state index contributed by atoms with van der Waals surface area (Å²) in [5.74, 6) is 0.00653. The van der Waals surface area contributed by atoms with Crippen LogP contribution in [0.15, 0.2) is 40.9 Å². The van der Waals surface area contributed by atoms with Crippen molar-refractivity contribution in [1.82, 2.24) is 0 Å². The summed E-state index contributed by atoms with van der Waals surface area (Å²) in [5, 5.41) is 7.91. The zero-order valence-electron chi connectivity index (χ0n) is 9.58. The van der Waals surface area contributed by atoms with Gasteiger partial charge in [-0.2, -0.15) is 0 Å². The van der Waals surface area contributed by atoms with E-state index in [9.17, 15) is 4.39 Å². The number of halogens is 3. The molecule has 0 aliphatic heterocycles. The molecule has 3 N–H and O–H groups in total. The first kappa shape index (κ1) is 13.8. The van der Waals surface area contributed by atoms with Crippen LogP contribution in [-0.4, -0.2) is 5.84 Å². The number of amidine groups is 1. The van der Waals surface area contributed by atoms with Crippen LogP contribution in [0.5, 0.6) is 11.5 Å². The number of nitrogens with two attached hydrogens (primary N) is 1. The lowest BCUT2D eigenvalue weighted by Gasteiger charge is -2.11. The Morgan fingerprint density at radius 1 is 1.26 bits per heavy atom. The Kier molecular flexibility index (Phi) is 4.07. The molecule has 0 saturated carbocycles. The van der Waals surface area contributed by atoms with Gasteiger partial charge in [0.25, 0.3) is 0 Å². The summed E-state index contributed by atoms with van der Waals surface area (Å²) in [6.45, 7) is 0. The molecule has 0 amide bonds. The van der Waals surface area contributed by atoms with Crippen molar-refractivity contribution in [2.75, 3.05) is 0 Å². The molecule has 0 radical (unpaired) electrons. The van der Waals surface area contributed by atoms with Crippen molar-refractivity contribution in [3.05, 3.63) is 57.3 Å². The van der Waals surface area contributed by atoms with Crippen molar-refractivity contribution in [2.24, 2.45) is 5.73 Å². The van der Waals surface area contributed by atoms with Crippen molar-refractivity contribution in [1.29, 1.82) is 5.41 Å². The fourth-order valence-electron chi connectivity index (χ4n) is 1.52. The van der Waals surface area contributed by atoms with Crippen LogP contribution < -0.4 is 10.5 Å². The molecule has 0 aromatic heterocycles. The minimum atomic E-state index is -0.434. The molecule has 0 saturated heterocycles. The van der Waals surface area contributed by atoms with E-state index in [-0.39, 0.29) is 11.6 Å². The van der Waals surface area contributed by atoms with Crippen LogP contribution in [0, 0.1) is 11.2 Å². The summed E-state index contributed by atoms with van der Waals surface area (Å²) in [7, 11) is 0. The molecule has 98 valence electrons. The fourth-order valence-corrected chi connectivity index (χ4v) is 2.12. The van der Waals surface area contributed by atoms with Crippen LogP contribution in [0.3, 0.4) is 0 Å². The lowest BCUT2D eigenvalue weighted by Crippen LogP contribution is -2.12. The summed E-state index contributed by atoms with van der Waals surface area (Å²) >= 11 is 9.05. The standard InChI is InChI=1S/C13H9BrClFN2O/c14-7-3-9(16)6-10(4-7)19-12-5-8(15)1-2-11(12)13(17)18/h1-6H,(H3,17,18). The van der Waals surface area contributed by atoms with Gasteiger partial charge in [0, 0.05) is 21.6 Å². The Labute approximate surface area is 122 Å². The highest BCUT2D eigenvalue weighted by molar-refractivity contribution is 9.10. The monoisotopic (exact) mass is 342 g/mol. The Balaban J connectivity index is 2.42. The first-order chi connectivity index (χ1) is 8.95. The lowest BCUT2D eigenvalue weighted by molar-refractivity contribution is 0.475. The summed E-state index contributed by atoms with van der Waals surface area (Å²) in [4.78, 5) is 0. The minimum Gasteiger partial charge on any atom is -0.456 e. The van der Waals surface area contributed by atoms with Gasteiger partial charge in [-0.25, -0.2) is 4.39 Å². The molecule has 0 fully saturated rings. The normalized spacial score (nSPS) is 10.3. The molecule has 0 heterocycles. The topological polar surface area (TPSA) is 59.1 Å². The Bertz CT molecular complexity index is 628. The van der Waals surface area contributed by atoms with Crippen LogP contribution in [0.25, 0.3) is 0 Å². The Hall–Kier alpha value is -1.59. The molecular formula is C13H9BrClFN2O. The van der Waals surface area contributed by atoms with E-state index in [4.69, 9.17) is 27.5 Å². The van der Waals surface area contributed by atoms with Gasteiger partial charge in [0.2, 0.25) is 0 Å². The van der Waals surface area contributed by atoms with Gasteiger partial charge in [-0.3, -0.25) is 5.41 Å². The maximum Gasteiger partial charge on any atom is 0.139 e. The van der Waals surface area contributed by atoms with Gasteiger partial charge in [0.05, 0.1) is 5.56 Å². The Morgan fingerprint density at radius 3 is 2.63 bits per heavy atom. The van der Waals surface area contributed by atoms with Crippen molar-refractivity contribution in [2.45, 2.75) is 0 Å². The van der Waals surface area contributed by atoms with E-state index < -0.39 is 5.82 Å². The Morgan fingerprint density at radius 2 is 2.00 bits per heavy atom. The van der Waals surface area contributed by atoms with Crippen LogP contribution in [0.1, 0.15) is 5.56 Å². The number of nitrogens with one attached hydrogen (secondary N) is 1. The zero-order valence-corrected chi connectivity index (χ0v) is 11.9. The second kappa shape index (κ2) is 5.59. The number of hydrogen-bond donors (Lipinski definition) is 2. The SMILES string of the molecule is N=C(N)c1ccc(Cl)cc1Oc1cc(F)cc(Br)c1. The van der Waals surface area contributed by atoms with E-state index in [1.54, 1.807) is 18.2 Å². The molecular weight excluding hydrogens is 335 g/mol. The molecule has 19 heavy (non-hydrogen) atoms. The highest BCUT2D eigenvalue weighted by atomic mass is 79.9. The third-order valence-corrected chi connectivity index (χ3v) is 2.99. The second-order valence-electron chi connectivity index (χ2n) is 3.76. The van der Waals surface area contributed by atoms with E-state index in [0.717, 1.165) is 0 Å². The third kappa shape index (κ3) is 3.45. The van der Waals surface area contributed by atoms with E-state index in [1.165, 1.54) is 18.2 Å². The van der Waals surface area contributed by atoms with Crippen LogP contribution >= 0.6 is 27.5 Å². The van der Waals surface area contributed by atoms with Crippen molar-refractivity contribution in [3.8, 4) is 11.5 Å². The molecule has 0 aliphatic carbocycles. The maximum absolute atomic E-state index is 13.3. The second-order valence-corrected chi connectivity index (χ2v) is 5.11. The number of nitrogen functional groups attached to an aromatic ring is 1. The summed E-state index contributed by atoms with van der Waals surface area (Å²) in [5.41, 5.74) is 5.85. The highest BCUT2D eigenvalue weighted by Crippen LogP contribution is 2.30. The molecule has 0 unspecified atom stereocenters. The van der Waals surface area contributed by atoms with E-state index in [2.05, 4.69) is 15.9 Å². The average Bonchev–Trinajstić information content (AvgIpc) is 2.26. The number of benzene rings is 2. The van der Waals surface area contributed by atoms with Crippen LogP contribution in [-0.2, 0) is 0 Å². The molecule has 6 heteroatoms. The number of rotatable bonds is 3. The highest BCUT2D eigenvalue weighted by Gasteiger charge is 2.10. The molecule has 0 bridgehead atoms. The summed E-state index contributed by atoms with van der Waals surface area (Å²) in [6.07, 6.45) is 0. The van der Waals surface area contributed by atoms with Crippen LogP contribution in [0.4, 0.5) is 4.39 Å². The molecule has 0 atom stereocenters. The smallest absolute Gasteiger partial charge is 0.139 e. The van der Waals surface area contributed by atoms with Gasteiger partial charge in [0.15, 0.2) is 0 Å². The van der Waals surface area contributed by atoms with Crippen LogP contribution in [0.2, 0.25) is 5.02 Å². The van der Waals surface area contributed by atoms with Crippen molar-refractivity contribution >= 4 is 33.4 Å². The van der Waals surface area contributed by atoms with Gasteiger partial charge in [0.1, 0.15) is 23.2 Å². The number of hydrogen-bond acceptors (Lipinski definition) is 2.